The molecule has 0 unspecified atom stereocenters. The molecule has 2 fully saturated rings. The van der Waals surface area contributed by atoms with Gasteiger partial charge in [-0.1, -0.05) is 20.8 Å². The second-order valence-corrected chi connectivity index (χ2v) is 11.3. The highest BCUT2D eigenvalue weighted by molar-refractivity contribution is 7.17. The van der Waals surface area contributed by atoms with Crippen LogP contribution >= 0.6 is 11.3 Å². The molecule has 0 saturated heterocycles. The SMILES string of the molecule is COC(=O)c1c(NC(=O)[C@@H]2[C@H]3CC[C@@H](C3)[C@@H]2C(=O)O)sc2c1CC[C@@H](C(C)(C)C)C2. The molecule has 2 N–H and O–H groups in total. The number of thiophene rings is 1. The van der Waals surface area contributed by atoms with Crippen LogP contribution in [0.4, 0.5) is 5.00 Å². The fraction of sp³-hybridized carbons (Fsp3) is 0.696. The molecule has 2 bridgehead atoms. The third kappa shape index (κ3) is 3.55. The first kappa shape index (κ1) is 21.3. The van der Waals surface area contributed by atoms with Crippen molar-refractivity contribution in [1.29, 1.82) is 0 Å². The van der Waals surface area contributed by atoms with Crippen LogP contribution in [0.5, 0.6) is 0 Å². The van der Waals surface area contributed by atoms with E-state index in [0.717, 1.165) is 49.0 Å². The third-order valence-electron chi connectivity index (χ3n) is 7.62. The molecule has 6 nitrogen and oxygen atoms in total. The van der Waals surface area contributed by atoms with Gasteiger partial charge in [0.1, 0.15) is 5.00 Å². The van der Waals surface area contributed by atoms with E-state index in [9.17, 15) is 19.5 Å². The Hall–Kier alpha value is -1.89. The summed E-state index contributed by atoms with van der Waals surface area (Å²) < 4.78 is 5.03. The van der Waals surface area contributed by atoms with Gasteiger partial charge >= 0.3 is 11.9 Å². The molecule has 5 atom stereocenters. The van der Waals surface area contributed by atoms with Crippen molar-refractivity contribution in [3.63, 3.8) is 0 Å². The van der Waals surface area contributed by atoms with Crippen molar-refractivity contribution in [2.45, 2.75) is 59.3 Å². The predicted octanol–water partition coefficient (Wildman–Crippen LogP) is 4.37. The highest BCUT2D eigenvalue weighted by Gasteiger charge is 2.54. The molecule has 30 heavy (non-hydrogen) atoms. The molecule has 0 aliphatic heterocycles. The van der Waals surface area contributed by atoms with E-state index >= 15 is 0 Å². The summed E-state index contributed by atoms with van der Waals surface area (Å²) in [5.41, 5.74) is 1.63. The Morgan fingerprint density at radius 1 is 1.10 bits per heavy atom. The van der Waals surface area contributed by atoms with Gasteiger partial charge in [0.05, 0.1) is 24.5 Å². The molecule has 7 heteroatoms. The number of nitrogens with one attached hydrogen (secondary N) is 1. The van der Waals surface area contributed by atoms with Gasteiger partial charge in [0.25, 0.3) is 0 Å². The lowest BCUT2D eigenvalue weighted by atomic mass is 9.72. The maximum atomic E-state index is 13.2. The smallest absolute Gasteiger partial charge is 0.341 e. The number of carbonyl (C=O) groups is 3. The van der Waals surface area contributed by atoms with Gasteiger partial charge in [-0.2, -0.15) is 0 Å². The Balaban J connectivity index is 1.63. The first-order valence-electron chi connectivity index (χ1n) is 10.9. The Morgan fingerprint density at radius 2 is 1.77 bits per heavy atom. The maximum absolute atomic E-state index is 13.2. The summed E-state index contributed by atoms with van der Waals surface area (Å²) in [6, 6.07) is 0. The van der Waals surface area contributed by atoms with Crippen LogP contribution in [0.15, 0.2) is 0 Å². The molecule has 0 radical (unpaired) electrons. The van der Waals surface area contributed by atoms with E-state index in [1.54, 1.807) is 0 Å². The van der Waals surface area contributed by atoms with Gasteiger partial charge in [0, 0.05) is 4.88 Å². The second-order valence-electron chi connectivity index (χ2n) is 10.2. The van der Waals surface area contributed by atoms with Crippen LogP contribution in [0.2, 0.25) is 0 Å². The molecule has 4 rings (SSSR count). The molecule has 1 aromatic rings. The van der Waals surface area contributed by atoms with Crippen LogP contribution in [0.3, 0.4) is 0 Å². The standard InChI is InChI=1S/C23H31NO5S/c1-23(2,3)13-7-8-14-15(10-13)30-20(18(14)22(28)29-4)24-19(25)16-11-5-6-12(9-11)17(16)21(26)27/h11-13,16-17H,5-10H2,1-4H3,(H,24,25)(H,26,27)/t11-,12-,13+,16+,17-/m0/s1. The molecule has 0 aromatic carbocycles. The van der Waals surface area contributed by atoms with Gasteiger partial charge in [0.15, 0.2) is 0 Å². The quantitative estimate of drug-likeness (QED) is 0.688. The minimum Gasteiger partial charge on any atom is -0.481 e. The van der Waals surface area contributed by atoms with Crippen molar-refractivity contribution in [1.82, 2.24) is 0 Å². The zero-order chi connectivity index (χ0) is 21.8. The summed E-state index contributed by atoms with van der Waals surface area (Å²) in [6.45, 7) is 6.71. The maximum Gasteiger partial charge on any atom is 0.341 e. The monoisotopic (exact) mass is 433 g/mol. The number of rotatable bonds is 4. The largest absolute Gasteiger partial charge is 0.481 e. The van der Waals surface area contributed by atoms with Gasteiger partial charge in [-0.15, -0.1) is 11.3 Å². The average molecular weight is 434 g/mol. The lowest BCUT2D eigenvalue weighted by molar-refractivity contribution is -0.148. The molecule has 1 amide bonds. The number of anilines is 1. The van der Waals surface area contributed by atoms with E-state index in [-0.39, 0.29) is 23.2 Å². The van der Waals surface area contributed by atoms with Gasteiger partial charge in [0.2, 0.25) is 5.91 Å². The first-order valence-corrected chi connectivity index (χ1v) is 11.7. The molecule has 3 aliphatic carbocycles. The Morgan fingerprint density at radius 3 is 2.37 bits per heavy atom. The highest BCUT2D eigenvalue weighted by atomic mass is 32.1. The number of hydrogen-bond acceptors (Lipinski definition) is 5. The number of carbonyl (C=O) groups excluding carboxylic acids is 2. The van der Waals surface area contributed by atoms with E-state index in [4.69, 9.17) is 4.74 Å². The number of hydrogen-bond donors (Lipinski definition) is 2. The molecular weight excluding hydrogens is 402 g/mol. The van der Waals surface area contributed by atoms with Crippen molar-refractivity contribution < 1.29 is 24.2 Å². The van der Waals surface area contributed by atoms with Gasteiger partial charge in [-0.25, -0.2) is 4.79 Å². The van der Waals surface area contributed by atoms with Crippen molar-refractivity contribution in [3.8, 4) is 0 Å². The van der Waals surface area contributed by atoms with Crippen LogP contribution in [-0.2, 0) is 27.2 Å². The van der Waals surface area contributed by atoms with Crippen LogP contribution < -0.4 is 5.32 Å². The second kappa shape index (κ2) is 7.66. The summed E-state index contributed by atoms with van der Waals surface area (Å²) in [5.74, 6) is -1.98. The zero-order valence-corrected chi connectivity index (χ0v) is 18.9. The van der Waals surface area contributed by atoms with E-state index in [1.165, 1.54) is 18.4 Å². The van der Waals surface area contributed by atoms with Gasteiger partial charge in [-0.3, -0.25) is 9.59 Å². The number of carboxylic acids is 1. The summed E-state index contributed by atoms with van der Waals surface area (Å²) in [6.07, 6.45) is 5.28. The van der Waals surface area contributed by atoms with E-state index in [0.29, 0.717) is 16.5 Å². The molecule has 2 saturated carbocycles. The summed E-state index contributed by atoms with van der Waals surface area (Å²) in [4.78, 5) is 38.7. The lowest BCUT2D eigenvalue weighted by Gasteiger charge is -2.33. The van der Waals surface area contributed by atoms with Gasteiger partial charge < -0.3 is 15.2 Å². The average Bonchev–Trinajstić information content (AvgIpc) is 3.38. The summed E-state index contributed by atoms with van der Waals surface area (Å²) in [5, 5.41) is 13.2. The number of amides is 1. The fourth-order valence-corrected chi connectivity index (χ4v) is 7.27. The number of carboxylic acid groups (broad SMARTS) is 1. The lowest BCUT2D eigenvalue weighted by Crippen LogP contribution is -2.38. The van der Waals surface area contributed by atoms with E-state index in [2.05, 4.69) is 26.1 Å². The van der Waals surface area contributed by atoms with Crippen LogP contribution in [0.1, 0.15) is 67.3 Å². The minimum absolute atomic E-state index is 0.0902. The third-order valence-corrected chi connectivity index (χ3v) is 8.79. The number of esters is 1. The Kier molecular flexibility index (Phi) is 5.45. The zero-order valence-electron chi connectivity index (χ0n) is 18.1. The Labute approximate surface area is 181 Å². The van der Waals surface area contributed by atoms with Crippen molar-refractivity contribution in [3.05, 3.63) is 16.0 Å². The Bertz CT molecular complexity index is 883. The number of fused-ring (bicyclic) bond motifs is 3. The van der Waals surface area contributed by atoms with Gasteiger partial charge in [-0.05, 0) is 67.3 Å². The molecule has 164 valence electrons. The number of aliphatic carboxylic acids is 1. The molecule has 1 heterocycles. The topological polar surface area (TPSA) is 92.7 Å². The highest BCUT2D eigenvalue weighted by Crippen LogP contribution is 2.53. The van der Waals surface area contributed by atoms with Crippen LogP contribution in [-0.4, -0.2) is 30.1 Å². The minimum atomic E-state index is -0.881. The van der Waals surface area contributed by atoms with Crippen molar-refractivity contribution in [2.75, 3.05) is 12.4 Å². The number of methoxy groups -OCH3 is 1. The van der Waals surface area contributed by atoms with Crippen molar-refractivity contribution >= 4 is 34.2 Å². The van der Waals surface area contributed by atoms with Crippen LogP contribution in [0, 0.1) is 35.0 Å². The van der Waals surface area contributed by atoms with E-state index in [1.807, 2.05) is 0 Å². The van der Waals surface area contributed by atoms with Crippen LogP contribution in [0.25, 0.3) is 0 Å². The molecular formula is C23H31NO5S. The summed E-state index contributed by atoms with van der Waals surface area (Å²) >= 11 is 1.46. The normalized spacial score (nSPS) is 30.1. The first-order chi connectivity index (χ1) is 14.1. The molecule has 0 spiro atoms. The van der Waals surface area contributed by atoms with E-state index < -0.39 is 23.8 Å². The predicted molar refractivity (Wildman–Crippen MR) is 115 cm³/mol. The van der Waals surface area contributed by atoms with Crippen molar-refractivity contribution in [2.24, 2.45) is 35.0 Å². The molecule has 1 aromatic heterocycles. The fourth-order valence-electron chi connectivity index (χ4n) is 5.95. The number of ether oxygens (including phenoxy) is 1. The molecule has 3 aliphatic rings. The summed E-state index contributed by atoms with van der Waals surface area (Å²) in [7, 11) is 1.36.